The maximum absolute atomic E-state index is 10.6. The summed E-state index contributed by atoms with van der Waals surface area (Å²) in [6, 6.07) is 0. The van der Waals surface area contributed by atoms with Crippen molar-refractivity contribution in [1.82, 2.24) is 9.78 Å². The van der Waals surface area contributed by atoms with E-state index in [9.17, 15) is 5.11 Å². The molecule has 0 bridgehead atoms. The van der Waals surface area contributed by atoms with Crippen LogP contribution in [0.4, 0.5) is 0 Å². The Morgan fingerprint density at radius 2 is 2.12 bits per heavy atom. The Morgan fingerprint density at radius 1 is 1.47 bits per heavy atom. The van der Waals surface area contributed by atoms with Gasteiger partial charge in [0.25, 0.3) is 0 Å². The van der Waals surface area contributed by atoms with E-state index in [2.05, 4.69) is 28.0 Å². The summed E-state index contributed by atoms with van der Waals surface area (Å²) < 4.78 is 2.87. The lowest BCUT2D eigenvalue weighted by Crippen LogP contribution is -2.11. The number of halogens is 1. The molecule has 4 heteroatoms. The Hall–Kier alpha value is -0.350. The highest BCUT2D eigenvalue weighted by molar-refractivity contribution is 9.10. The Kier molecular flexibility index (Phi) is 3.03. The molecule has 3 atom stereocenters. The van der Waals surface area contributed by atoms with E-state index in [1.807, 2.05) is 4.68 Å². The summed E-state index contributed by atoms with van der Waals surface area (Å²) in [5.74, 6) is 2.02. The summed E-state index contributed by atoms with van der Waals surface area (Å²) >= 11 is 3.51. The molecule has 1 aromatic heterocycles. The standard InChI is InChI=1S/C13H19BrN2O/c1-2-16-12(10(14)7-15-16)13(17)11-8-5-3-4-6-9(8)11/h7-9,11,13,17H,2-6H2,1H3. The molecule has 0 aliphatic heterocycles. The summed E-state index contributed by atoms with van der Waals surface area (Å²) in [6.07, 6.45) is 6.78. The fourth-order valence-electron chi connectivity index (χ4n) is 3.62. The second-order valence-corrected chi connectivity index (χ2v) is 6.18. The molecule has 2 aliphatic carbocycles. The number of aliphatic hydroxyl groups excluding tert-OH is 1. The molecule has 3 nitrogen and oxygen atoms in total. The quantitative estimate of drug-likeness (QED) is 0.931. The van der Waals surface area contributed by atoms with Gasteiger partial charge in [-0.2, -0.15) is 5.10 Å². The lowest BCUT2D eigenvalue weighted by atomic mass is 10.0. The van der Waals surface area contributed by atoms with Crippen molar-refractivity contribution in [3.63, 3.8) is 0 Å². The first kappa shape index (κ1) is 11.7. The van der Waals surface area contributed by atoms with Crippen LogP contribution in [0.1, 0.15) is 44.4 Å². The molecule has 3 unspecified atom stereocenters. The van der Waals surface area contributed by atoms with Crippen LogP contribution in [-0.2, 0) is 6.54 Å². The lowest BCUT2D eigenvalue weighted by Gasteiger charge is -2.13. The van der Waals surface area contributed by atoms with Crippen LogP contribution in [0.5, 0.6) is 0 Å². The first-order chi connectivity index (χ1) is 8.24. The third-order valence-electron chi connectivity index (χ3n) is 4.50. The van der Waals surface area contributed by atoms with Crippen molar-refractivity contribution in [1.29, 1.82) is 0 Å². The number of nitrogens with zero attached hydrogens (tertiary/aromatic N) is 2. The fraction of sp³-hybridized carbons (Fsp3) is 0.769. The van der Waals surface area contributed by atoms with Crippen molar-refractivity contribution in [2.45, 2.75) is 45.3 Å². The maximum Gasteiger partial charge on any atom is 0.100 e. The van der Waals surface area contributed by atoms with Crippen molar-refractivity contribution in [3.8, 4) is 0 Å². The molecule has 0 saturated heterocycles. The van der Waals surface area contributed by atoms with Gasteiger partial charge >= 0.3 is 0 Å². The molecule has 0 aromatic carbocycles. The van der Waals surface area contributed by atoms with Gasteiger partial charge in [0.05, 0.1) is 16.4 Å². The molecule has 1 N–H and O–H groups in total. The van der Waals surface area contributed by atoms with Crippen molar-refractivity contribution in [2.75, 3.05) is 0 Å². The number of rotatable bonds is 3. The number of aromatic nitrogens is 2. The molecule has 0 spiro atoms. The molecule has 94 valence electrons. The van der Waals surface area contributed by atoms with Gasteiger partial charge in [-0.3, -0.25) is 4.68 Å². The highest BCUT2D eigenvalue weighted by atomic mass is 79.9. The predicted molar refractivity (Wildman–Crippen MR) is 69.5 cm³/mol. The Balaban J connectivity index is 1.82. The minimum atomic E-state index is -0.333. The van der Waals surface area contributed by atoms with Gasteiger partial charge in [0.2, 0.25) is 0 Å². The molecule has 0 radical (unpaired) electrons. The van der Waals surface area contributed by atoms with Gasteiger partial charge in [-0.05, 0) is 53.4 Å². The van der Waals surface area contributed by atoms with Crippen molar-refractivity contribution < 1.29 is 5.11 Å². The van der Waals surface area contributed by atoms with Crippen LogP contribution in [0.25, 0.3) is 0 Å². The average molecular weight is 299 g/mol. The molecule has 2 fully saturated rings. The second kappa shape index (κ2) is 4.39. The molecule has 3 rings (SSSR count). The fourth-order valence-corrected chi connectivity index (χ4v) is 4.15. The van der Waals surface area contributed by atoms with Crippen molar-refractivity contribution in [2.24, 2.45) is 17.8 Å². The maximum atomic E-state index is 10.6. The zero-order valence-corrected chi connectivity index (χ0v) is 11.7. The Morgan fingerprint density at radius 3 is 2.71 bits per heavy atom. The normalized spacial score (nSPS) is 33.2. The van der Waals surface area contributed by atoms with Gasteiger partial charge in [0.1, 0.15) is 6.10 Å². The zero-order valence-electron chi connectivity index (χ0n) is 10.1. The van der Waals surface area contributed by atoms with Gasteiger partial charge in [0.15, 0.2) is 0 Å². The summed E-state index contributed by atoms with van der Waals surface area (Å²) in [5, 5.41) is 14.9. The van der Waals surface area contributed by atoms with Crippen molar-refractivity contribution in [3.05, 3.63) is 16.4 Å². The third kappa shape index (κ3) is 1.85. The smallest absolute Gasteiger partial charge is 0.100 e. The number of hydrogen-bond donors (Lipinski definition) is 1. The minimum absolute atomic E-state index is 0.333. The topological polar surface area (TPSA) is 38.0 Å². The van der Waals surface area contributed by atoms with E-state index in [1.165, 1.54) is 25.7 Å². The van der Waals surface area contributed by atoms with Crippen LogP contribution in [0.3, 0.4) is 0 Å². The molecule has 17 heavy (non-hydrogen) atoms. The lowest BCUT2D eigenvalue weighted by molar-refractivity contribution is 0.131. The molecule has 2 aliphatic rings. The molecular formula is C13H19BrN2O. The third-order valence-corrected chi connectivity index (χ3v) is 5.11. The number of hydrogen-bond acceptors (Lipinski definition) is 2. The summed E-state index contributed by atoms with van der Waals surface area (Å²) in [6.45, 7) is 2.88. The first-order valence-electron chi connectivity index (χ1n) is 6.63. The van der Waals surface area contributed by atoms with Crippen LogP contribution in [0, 0.1) is 17.8 Å². The van der Waals surface area contributed by atoms with E-state index in [0.29, 0.717) is 5.92 Å². The number of aliphatic hydroxyl groups is 1. The SMILES string of the molecule is CCn1ncc(Br)c1C(O)C1C2CCCCC21. The molecule has 1 heterocycles. The van der Waals surface area contributed by atoms with E-state index >= 15 is 0 Å². The van der Waals surface area contributed by atoms with Crippen LogP contribution in [0.15, 0.2) is 10.7 Å². The highest BCUT2D eigenvalue weighted by Crippen LogP contribution is 2.60. The van der Waals surface area contributed by atoms with Gasteiger partial charge in [0, 0.05) is 6.54 Å². The van der Waals surface area contributed by atoms with Crippen LogP contribution < -0.4 is 0 Å². The van der Waals surface area contributed by atoms with Gasteiger partial charge < -0.3 is 5.11 Å². The van der Waals surface area contributed by atoms with Gasteiger partial charge in [-0.1, -0.05) is 12.8 Å². The molecular weight excluding hydrogens is 280 g/mol. The van der Waals surface area contributed by atoms with E-state index in [-0.39, 0.29) is 6.10 Å². The van der Waals surface area contributed by atoms with Crippen LogP contribution in [-0.4, -0.2) is 14.9 Å². The van der Waals surface area contributed by atoms with E-state index in [0.717, 1.165) is 28.5 Å². The Bertz CT molecular complexity index is 406. The van der Waals surface area contributed by atoms with Crippen LogP contribution in [0.2, 0.25) is 0 Å². The molecule has 1 aromatic rings. The van der Waals surface area contributed by atoms with E-state index in [4.69, 9.17) is 0 Å². The molecule has 0 amide bonds. The Labute approximate surface area is 110 Å². The summed E-state index contributed by atoms with van der Waals surface area (Å²) in [7, 11) is 0. The predicted octanol–water partition coefficient (Wildman–Crippen LogP) is 3.14. The largest absolute Gasteiger partial charge is 0.386 e. The molecule has 2 saturated carbocycles. The number of aryl methyl sites for hydroxylation is 1. The first-order valence-corrected chi connectivity index (χ1v) is 7.42. The van der Waals surface area contributed by atoms with Crippen LogP contribution >= 0.6 is 15.9 Å². The van der Waals surface area contributed by atoms with E-state index < -0.39 is 0 Å². The number of fused-ring (bicyclic) bond motifs is 1. The summed E-state index contributed by atoms with van der Waals surface area (Å²) in [4.78, 5) is 0. The van der Waals surface area contributed by atoms with Gasteiger partial charge in [-0.25, -0.2) is 0 Å². The van der Waals surface area contributed by atoms with Crippen molar-refractivity contribution >= 4 is 15.9 Å². The summed E-state index contributed by atoms with van der Waals surface area (Å²) in [5.41, 5.74) is 0.979. The minimum Gasteiger partial charge on any atom is -0.386 e. The average Bonchev–Trinajstić information content (AvgIpc) is 2.96. The van der Waals surface area contributed by atoms with Gasteiger partial charge in [-0.15, -0.1) is 0 Å². The highest BCUT2D eigenvalue weighted by Gasteiger charge is 2.55. The monoisotopic (exact) mass is 298 g/mol. The van der Waals surface area contributed by atoms with E-state index in [1.54, 1.807) is 6.20 Å². The second-order valence-electron chi connectivity index (χ2n) is 5.33. The zero-order chi connectivity index (χ0) is 12.0.